The van der Waals surface area contributed by atoms with Crippen molar-refractivity contribution in [3.05, 3.63) is 77.6 Å². The molecule has 0 saturated heterocycles. The maximum Gasteiger partial charge on any atom is 0.257 e. The fourth-order valence-electron chi connectivity index (χ4n) is 4.04. The number of hydrogen-bond donors (Lipinski definition) is 0. The number of carbonyl (C=O) groups excluding carboxylic acids is 1. The van der Waals surface area contributed by atoms with Crippen LogP contribution in [0.25, 0.3) is 11.0 Å². The second-order valence-electron chi connectivity index (χ2n) is 8.34. The number of amides is 1. The van der Waals surface area contributed by atoms with Gasteiger partial charge in [0.25, 0.3) is 5.91 Å². The highest BCUT2D eigenvalue weighted by atomic mass is 19.1. The van der Waals surface area contributed by atoms with Gasteiger partial charge in [-0.3, -0.25) is 9.69 Å². The molecule has 0 unspecified atom stereocenters. The molecule has 1 aromatic heterocycles. The number of fused-ring (bicyclic) bond motifs is 1. The Bertz CT molecular complexity index is 1120. The number of imidazole rings is 1. The first-order valence-electron chi connectivity index (χ1n) is 11.4. The van der Waals surface area contributed by atoms with Gasteiger partial charge in [0.05, 0.1) is 23.1 Å². The Labute approximate surface area is 194 Å². The van der Waals surface area contributed by atoms with Crippen molar-refractivity contribution in [2.45, 2.75) is 46.3 Å². The van der Waals surface area contributed by atoms with Crippen LogP contribution >= 0.6 is 0 Å². The van der Waals surface area contributed by atoms with Crippen molar-refractivity contribution in [3.8, 4) is 0 Å². The average molecular weight is 455 g/mol. The molecule has 0 fully saturated rings. The van der Waals surface area contributed by atoms with Crippen molar-refractivity contribution in [2.75, 3.05) is 20.1 Å². The Hall–Kier alpha value is -3.06. The number of nitrogens with zero attached hydrogens (tertiary/aromatic N) is 4. The highest BCUT2D eigenvalue weighted by molar-refractivity contribution is 5.94. The number of aryl methyl sites for hydroxylation is 1. The maximum atomic E-state index is 14.3. The third kappa shape index (κ3) is 5.85. The molecule has 1 amide bonds. The Morgan fingerprint density at radius 3 is 2.61 bits per heavy atom. The largest absolute Gasteiger partial charge is 0.331 e. The number of aromatic nitrogens is 2. The lowest BCUT2D eigenvalue weighted by Gasteiger charge is -2.23. The normalized spacial score (nSPS) is 11.3. The van der Waals surface area contributed by atoms with Crippen LogP contribution in [0.15, 0.2) is 49.1 Å². The number of hydrogen-bond acceptors (Lipinski definition) is 3. The molecule has 0 spiro atoms. The molecular weight excluding hydrogens is 422 g/mol. The molecule has 2 aromatic carbocycles. The summed E-state index contributed by atoms with van der Waals surface area (Å²) in [5, 5.41) is 0. The Balaban J connectivity index is 1.95. The van der Waals surface area contributed by atoms with Gasteiger partial charge >= 0.3 is 0 Å². The second kappa shape index (κ2) is 11.2. The van der Waals surface area contributed by atoms with Gasteiger partial charge in [0.2, 0.25) is 0 Å². The number of carbonyl (C=O) groups is 1. The van der Waals surface area contributed by atoms with E-state index in [1.165, 1.54) is 0 Å². The summed E-state index contributed by atoms with van der Waals surface area (Å²) in [4.78, 5) is 21.7. The van der Waals surface area contributed by atoms with E-state index in [2.05, 4.69) is 41.2 Å². The predicted molar refractivity (Wildman–Crippen MR) is 128 cm³/mol. The molecule has 176 valence electrons. The van der Waals surface area contributed by atoms with Crippen molar-refractivity contribution >= 4 is 16.9 Å². The molecule has 0 aliphatic heterocycles. The van der Waals surface area contributed by atoms with Gasteiger partial charge in [-0.2, -0.15) is 0 Å². The molecule has 0 atom stereocenters. The van der Waals surface area contributed by atoms with Crippen LogP contribution in [-0.4, -0.2) is 45.4 Å². The molecule has 0 aliphatic rings. The fourth-order valence-corrected chi connectivity index (χ4v) is 4.04. The van der Waals surface area contributed by atoms with E-state index in [1.54, 1.807) is 4.90 Å². The zero-order valence-electron chi connectivity index (χ0n) is 19.7. The summed E-state index contributed by atoms with van der Waals surface area (Å²) in [6.07, 6.45) is 3.46. The van der Waals surface area contributed by atoms with E-state index in [1.807, 2.05) is 20.0 Å². The lowest BCUT2D eigenvalue weighted by molar-refractivity contribution is 0.0732. The molecule has 0 saturated carbocycles. The van der Waals surface area contributed by atoms with Crippen LogP contribution in [0, 0.1) is 11.6 Å². The first kappa shape index (κ1) is 24.6. The van der Waals surface area contributed by atoms with E-state index in [0.717, 1.165) is 66.7 Å². The zero-order chi connectivity index (χ0) is 24.0. The molecule has 0 N–H and O–H groups in total. The van der Waals surface area contributed by atoms with Crippen LogP contribution in [0.3, 0.4) is 0 Å². The van der Waals surface area contributed by atoms with E-state index in [4.69, 9.17) is 4.98 Å². The maximum absolute atomic E-state index is 14.3. The zero-order valence-corrected chi connectivity index (χ0v) is 19.7. The van der Waals surface area contributed by atoms with Crippen molar-refractivity contribution in [1.82, 2.24) is 19.4 Å². The van der Waals surface area contributed by atoms with Crippen LogP contribution in [0.5, 0.6) is 0 Å². The van der Waals surface area contributed by atoms with Crippen LogP contribution in [-0.2, 0) is 19.6 Å². The van der Waals surface area contributed by atoms with E-state index in [-0.39, 0.29) is 12.1 Å². The van der Waals surface area contributed by atoms with Gasteiger partial charge in [-0.05, 0) is 55.8 Å². The number of halogens is 2. The monoisotopic (exact) mass is 454 g/mol. The quantitative estimate of drug-likeness (QED) is 0.365. The first-order valence-corrected chi connectivity index (χ1v) is 11.4. The molecule has 3 aromatic rings. The standard InChI is InChI=1S/C26H32F2N4O/c1-5-12-30(4)17-19-8-11-24-23(15-19)29-25(32(24)14-7-3)18-31(13-6-2)26(33)21-16-20(27)9-10-22(21)28/h5,8-11,15-16H,1,6-7,12-14,17-18H2,2-4H3. The van der Waals surface area contributed by atoms with Gasteiger partial charge in [-0.1, -0.05) is 26.0 Å². The number of likely N-dealkylation sites (N-methyl/N-ethyl adjacent to an activating group) is 1. The molecule has 0 aliphatic carbocycles. The molecule has 7 heteroatoms. The predicted octanol–water partition coefficient (Wildman–Crippen LogP) is 5.39. The number of rotatable bonds is 11. The van der Waals surface area contributed by atoms with E-state index < -0.39 is 17.5 Å². The van der Waals surface area contributed by atoms with Crippen molar-refractivity contribution in [1.29, 1.82) is 0 Å². The minimum atomic E-state index is -0.724. The van der Waals surface area contributed by atoms with Crippen molar-refractivity contribution < 1.29 is 13.6 Å². The van der Waals surface area contributed by atoms with Crippen molar-refractivity contribution in [3.63, 3.8) is 0 Å². The van der Waals surface area contributed by atoms with Gasteiger partial charge in [0, 0.05) is 26.2 Å². The van der Waals surface area contributed by atoms with Gasteiger partial charge in [0.1, 0.15) is 17.5 Å². The summed E-state index contributed by atoms with van der Waals surface area (Å²) in [5.41, 5.74) is 2.75. The fraction of sp³-hybridized carbons (Fsp3) is 0.385. The molecule has 33 heavy (non-hydrogen) atoms. The summed E-state index contributed by atoms with van der Waals surface area (Å²) in [6, 6.07) is 9.20. The molecule has 1 heterocycles. The average Bonchev–Trinajstić information content (AvgIpc) is 3.11. The summed E-state index contributed by atoms with van der Waals surface area (Å²) >= 11 is 0. The molecular formula is C26H32F2N4O. The van der Waals surface area contributed by atoms with E-state index >= 15 is 0 Å². The minimum Gasteiger partial charge on any atom is -0.331 e. The van der Waals surface area contributed by atoms with Gasteiger partial charge < -0.3 is 9.47 Å². The number of benzene rings is 2. The van der Waals surface area contributed by atoms with Gasteiger partial charge in [-0.15, -0.1) is 6.58 Å². The van der Waals surface area contributed by atoms with Crippen molar-refractivity contribution in [2.24, 2.45) is 0 Å². The first-order chi connectivity index (χ1) is 15.9. The van der Waals surface area contributed by atoms with Crippen LogP contribution < -0.4 is 0 Å². The smallest absolute Gasteiger partial charge is 0.257 e. The molecule has 0 bridgehead atoms. The molecule has 3 rings (SSSR count). The Kier molecular flexibility index (Phi) is 8.33. The van der Waals surface area contributed by atoms with Gasteiger partial charge in [-0.25, -0.2) is 13.8 Å². The third-order valence-electron chi connectivity index (χ3n) is 5.50. The third-order valence-corrected chi connectivity index (χ3v) is 5.50. The molecule has 0 radical (unpaired) electrons. The van der Waals surface area contributed by atoms with Crippen LogP contribution in [0.2, 0.25) is 0 Å². The Morgan fingerprint density at radius 1 is 1.12 bits per heavy atom. The topological polar surface area (TPSA) is 41.4 Å². The van der Waals surface area contributed by atoms with E-state index in [9.17, 15) is 13.6 Å². The lowest BCUT2D eigenvalue weighted by atomic mass is 10.1. The van der Waals surface area contributed by atoms with Gasteiger partial charge in [0.15, 0.2) is 0 Å². The second-order valence-corrected chi connectivity index (χ2v) is 8.34. The summed E-state index contributed by atoms with van der Waals surface area (Å²) < 4.78 is 30.1. The summed E-state index contributed by atoms with van der Waals surface area (Å²) in [6.45, 7) is 10.8. The Morgan fingerprint density at radius 2 is 1.91 bits per heavy atom. The lowest BCUT2D eigenvalue weighted by Crippen LogP contribution is -2.33. The highest BCUT2D eigenvalue weighted by Crippen LogP contribution is 2.22. The summed E-state index contributed by atoms with van der Waals surface area (Å²) in [5.74, 6) is -1.15. The van der Waals surface area contributed by atoms with Crippen LogP contribution in [0.4, 0.5) is 8.78 Å². The minimum absolute atomic E-state index is 0.225. The molecule has 5 nitrogen and oxygen atoms in total. The SMILES string of the molecule is C=CCN(C)Cc1ccc2c(c1)nc(CN(CCC)C(=O)c1cc(F)ccc1F)n2CCC. The van der Waals surface area contributed by atoms with E-state index in [0.29, 0.717) is 13.0 Å². The van der Waals surface area contributed by atoms with Crippen LogP contribution in [0.1, 0.15) is 48.4 Å². The summed E-state index contributed by atoms with van der Waals surface area (Å²) in [7, 11) is 2.03. The highest BCUT2D eigenvalue weighted by Gasteiger charge is 2.22.